The summed E-state index contributed by atoms with van der Waals surface area (Å²) >= 11 is 0. The van der Waals surface area contributed by atoms with Gasteiger partial charge in [0.05, 0.1) is 11.9 Å². The van der Waals surface area contributed by atoms with Crippen molar-refractivity contribution >= 4 is 21.6 Å². The van der Waals surface area contributed by atoms with Crippen molar-refractivity contribution in [1.82, 2.24) is 5.32 Å². The molecule has 116 valence electrons. The number of benzene rings is 1. The number of rotatable bonds is 5. The highest BCUT2D eigenvalue weighted by atomic mass is 32.2. The number of anilines is 1. The zero-order valence-corrected chi connectivity index (χ0v) is 13.5. The minimum absolute atomic E-state index is 0.101. The molecular weight excluding hydrogens is 288 g/mol. The average molecular weight is 310 g/mol. The molecule has 0 radical (unpaired) electrons. The first-order valence-electron chi connectivity index (χ1n) is 7.18. The van der Waals surface area contributed by atoms with E-state index in [1.54, 1.807) is 18.2 Å². The van der Waals surface area contributed by atoms with E-state index in [2.05, 4.69) is 19.2 Å². The summed E-state index contributed by atoms with van der Waals surface area (Å²) in [7, 11) is -3.24. The van der Waals surface area contributed by atoms with Crippen LogP contribution in [-0.4, -0.2) is 33.7 Å². The fourth-order valence-corrected chi connectivity index (χ4v) is 3.39. The van der Waals surface area contributed by atoms with Gasteiger partial charge in [-0.25, -0.2) is 8.42 Å². The van der Waals surface area contributed by atoms with Crippen LogP contribution in [0.5, 0.6) is 0 Å². The second kappa shape index (κ2) is 6.05. The number of carbonyl (C=O) groups is 1. The van der Waals surface area contributed by atoms with Crippen molar-refractivity contribution < 1.29 is 13.2 Å². The van der Waals surface area contributed by atoms with E-state index in [-0.39, 0.29) is 5.91 Å². The van der Waals surface area contributed by atoms with Crippen molar-refractivity contribution in [2.24, 2.45) is 5.92 Å². The van der Waals surface area contributed by atoms with E-state index in [0.717, 1.165) is 12.0 Å². The topological polar surface area (TPSA) is 66.5 Å². The Morgan fingerprint density at radius 3 is 2.71 bits per heavy atom. The summed E-state index contributed by atoms with van der Waals surface area (Å²) in [4.78, 5) is 12.1. The Balaban J connectivity index is 2.11. The highest BCUT2D eigenvalue weighted by Crippen LogP contribution is 2.30. The molecule has 1 N–H and O–H groups in total. The van der Waals surface area contributed by atoms with Crippen LogP contribution in [0.25, 0.3) is 0 Å². The van der Waals surface area contributed by atoms with Gasteiger partial charge in [0, 0.05) is 18.7 Å². The Labute approximate surface area is 126 Å². The van der Waals surface area contributed by atoms with E-state index in [1.165, 1.54) is 10.6 Å². The van der Waals surface area contributed by atoms with Crippen molar-refractivity contribution in [2.45, 2.75) is 26.7 Å². The summed E-state index contributed by atoms with van der Waals surface area (Å²) < 4.78 is 24.7. The standard InChI is InChI=1S/C15H22N2O3S/c1-11(2)6-8-16-15(18)13-4-5-14-12(10-13)7-9-17(14)21(3,19)20/h4-5,10-11H,6-9H2,1-3H3,(H,16,18). The molecule has 1 heterocycles. The molecule has 6 heteroatoms. The fraction of sp³-hybridized carbons (Fsp3) is 0.533. The molecule has 0 saturated carbocycles. The average Bonchev–Trinajstić information content (AvgIpc) is 2.80. The number of amides is 1. The number of nitrogens with one attached hydrogen (secondary N) is 1. The predicted molar refractivity (Wildman–Crippen MR) is 84.1 cm³/mol. The lowest BCUT2D eigenvalue weighted by Crippen LogP contribution is -2.27. The number of hydrogen-bond donors (Lipinski definition) is 1. The van der Waals surface area contributed by atoms with E-state index in [1.807, 2.05) is 0 Å². The molecule has 0 saturated heterocycles. The normalized spacial score (nSPS) is 14.4. The largest absolute Gasteiger partial charge is 0.352 e. The van der Waals surface area contributed by atoms with Crippen molar-refractivity contribution in [3.63, 3.8) is 0 Å². The molecule has 1 amide bonds. The van der Waals surface area contributed by atoms with Gasteiger partial charge in [-0.05, 0) is 42.5 Å². The van der Waals surface area contributed by atoms with Crippen LogP contribution >= 0.6 is 0 Å². The monoisotopic (exact) mass is 310 g/mol. The van der Waals surface area contributed by atoms with Gasteiger partial charge in [-0.2, -0.15) is 0 Å². The number of hydrogen-bond acceptors (Lipinski definition) is 3. The van der Waals surface area contributed by atoms with Gasteiger partial charge in [-0.1, -0.05) is 13.8 Å². The first-order valence-corrected chi connectivity index (χ1v) is 9.02. The number of nitrogens with zero attached hydrogens (tertiary/aromatic N) is 1. The van der Waals surface area contributed by atoms with Crippen LogP contribution in [0.4, 0.5) is 5.69 Å². The zero-order chi connectivity index (χ0) is 15.6. The van der Waals surface area contributed by atoms with Crippen molar-refractivity contribution in [3.8, 4) is 0 Å². The summed E-state index contributed by atoms with van der Waals surface area (Å²) in [5.74, 6) is 0.449. The van der Waals surface area contributed by atoms with Gasteiger partial charge in [-0.15, -0.1) is 0 Å². The maximum absolute atomic E-state index is 12.1. The SMILES string of the molecule is CC(C)CCNC(=O)c1ccc2c(c1)CCN2S(C)(=O)=O. The summed E-state index contributed by atoms with van der Waals surface area (Å²) in [6.07, 6.45) is 2.79. The van der Waals surface area contributed by atoms with Crippen molar-refractivity contribution in [3.05, 3.63) is 29.3 Å². The maximum Gasteiger partial charge on any atom is 0.251 e. The molecule has 1 aromatic rings. The molecule has 0 aromatic heterocycles. The summed E-state index contributed by atoms with van der Waals surface area (Å²) in [5.41, 5.74) is 2.20. The Morgan fingerprint density at radius 2 is 2.10 bits per heavy atom. The second-order valence-corrected chi connectivity index (χ2v) is 7.77. The van der Waals surface area contributed by atoms with Crippen LogP contribution in [0, 0.1) is 5.92 Å². The fourth-order valence-electron chi connectivity index (χ4n) is 2.43. The third-order valence-corrected chi connectivity index (χ3v) is 4.78. The predicted octanol–water partition coefficient (Wildman–Crippen LogP) is 1.78. The Kier molecular flexibility index (Phi) is 4.56. The Hall–Kier alpha value is -1.56. The van der Waals surface area contributed by atoms with Gasteiger partial charge in [0.1, 0.15) is 0 Å². The van der Waals surface area contributed by atoms with E-state index < -0.39 is 10.0 Å². The Bertz CT molecular complexity index is 638. The summed E-state index contributed by atoms with van der Waals surface area (Å²) in [5, 5.41) is 2.89. The molecular formula is C15H22N2O3S. The summed E-state index contributed by atoms with van der Waals surface area (Å²) in [6, 6.07) is 5.21. The summed E-state index contributed by atoms with van der Waals surface area (Å²) in [6.45, 7) is 5.33. The third-order valence-electron chi connectivity index (χ3n) is 3.60. The Morgan fingerprint density at radius 1 is 1.38 bits per heavy atom. The molecule has 0 unspecified atom stereocenters. The minimum atomic E-state index is -3.24. The van der Waals surface area contributed by atoms with Crippen LogP contribution in [-0.2, 0) is 16.4 Å². The van der Waals surface area contributed by atoms with Crippen LogP contribution in [0.15, 0.2) is 18.2 Å². The van der Waals surface area contributed by atoms with Gasteiger partial charge in [0.15, 0.2) is 0 Å². The zero-order valence-electron chi connectivity index (χ0n) is 12.7. The van der Waals surface area contributed by atoms with Crippen LogP contribution < -0.4 is 9.62 Å². The van der Waals surface area contributed by atoms with Crippen molar-refractivity contribution in [1.29, 1.82) is 0 Å². The molecule has 0 atom stereocenters. The van der Waals surface area contributed by atoms with E-state index >= 15 is 0 Å². The number of fused-ring (bicyclic) bond motifs is 1. The van der Waals surface area contributed by atoms with Crippen LogP contribution in [0.3, 0.4) is 0 Å². The molecule has 0 fully saturated rings. The van der Waals surface area contributed by atoms with E-state index in [9.17, 15) is 13.2 Å². The second-order valence-electron chi connectivity index (χ2n) is 5.87. The van der Waals surface area contributed by atoms with E-state index in [0.29, 0.717) is 36.7 Å². The third kappa shape index (κ3) is 3.75. The van der Waals surface area contributed by atoms with Crippen molar-refractivity contribution in [2.75, 3.05) is 23.7 Å². The molecule has 21 heavy (non-hydrogen) atoms. The lowest BCUT2D eigenvalue weighted by atomic mass is 10.1. The van der Waals surface area contributed by atoms with Gasteiger partial charge in [-0.3, -0.25) is 9.10 Å². The molecule has 0 spiro atoms. The lowest BCUT2D eigenvalue weighted by molar-refractivity contribution is 0.0952. The highest BCUT2D eigenvalue weighted by Gasteiger charge is 2.26. The smallest absolute Gasteiger partial charge is 0.251 e. The molecule has 1 aromatic carbocycles. The number of carbonyl (C=O) groups excluding carboxylic acids is 1. The van der Waals surface area contributed by atoms with Crippen LogP contribution in [0.2, 0.25) is 0 Å². The van der Waals surface area contributed by atoms with Crippen LogP contribution in [0.1, 0.15) is 36.2 Å². The molecule has 0 aliphatic carbocycles. The van der Waals surface area contributed by atoms with Gasteiger partial charge >= 0.3 is 0 Å². The molecule has 0 bridgehead atoms. The first-order chi connectivity index (χ1) is 9.79. The number of sulfonamides is 1. The molecule has 5 nitrogen and oxygen atoms in total. The molecule has 2 rings (SSSR count). The van der Waals surface area contributed by atoms with Gasteiger partial charge in [0.2, 0.25) is 10.0 Å². The van der Waals surface area contributed by atoms with Gasteiger partial charge < -0.3 is 5.32 Å². The maximum atomic E-state index is 12.1. The molecule has 1 aliphatic rings. The first kappa shape index (κ1) is 15.8. The quantitative estimate of drug-likeness (QED) is 0.901. The minimum Gasteiger partial charge on any atom is -0.352 e. The highest BCUT2D eigenvalue weighted by molar-refractivity contribution is 7.92. The van der Waals surface area contributed by atoms with Gasteiger partial charge in [0.25, 0.3) is 5.91 Å². The molecule has 1 aliphatic heterocycles. The lowest BCUT2D eigenvalue weighted by Gasteiger charge is -2.16. The van der Waals surface area contributed by atoms with E-state index in [4.69, 9.17) is 0 Å².